The summed E-state index contributed by atoms with van der Waals surface area (Å²) in [6, 6.07) is 16.7. The molecule has 0 amide bonds. The molecule has 0 radical (unpaired) electrons. The van der Waals surface area contributed by atoms with E-state index in [0.717, 1.165) is 11.1 Å². The Morgan fingerprint density at radius 3 is 2.71 bits per heavy atom. The molecular formula is C22H22N2O3S. The van der Waals surface area contributed by atoms with Gasteiger partial charge in [-0.1, -0.05) is 55.1 Å². The number of nitrogens with one attached hydrogen (secondary N) is 2. The van der Waals surface area contributed by atoms with Crippen LogP contribution in [-0.2, 0) is 9.53 Å². The molecule has 0 aliphatic carbocycles. The van der Waals surface area contributed by atoms with E-state index in [1.54, 1.807) is 13.0 Å². The standard InChI is InChI=1S/C22H22N2O3S/c1-3-13-27-17-12-8-11-16(14-17)20-18(21(25)26-4-2)19(23-22(28)24-20)15-9-6-5-7-10-15/h3,5-12,14,20H,1,4,13H2,2H3,(H2,23,24,28)/t20-/m1/s1. The van der Waals surface area contributed by atoms with Crippen LogP contribution in [0.2, 0.25) is 0 Å². The molecule has 1 heterocycles. The van der Waals surface area contributed by atoms with Crippen molar-refractivity contribution in [1.82, 2.24) is 10.6 Å². The summed E-state index contributed by atoms with van der Waals surface area (Å²) in [6.07, 6.45) is 1.68. The lowest BCUT2D eigenvalue weighted by atomic mass is 9.92. The summed E-state index contributed by atoms with van der Waals surface area (Å²) in [5.41, 5.74) is 2.83. The van der Waals surface area contributed by atoms with Gasteiger partial charge in [-0.05, 0) is 42.4 Å². The monoisotopic (exact) mass is 394 g/mol. The molecule has 2 N–H and O–H groups in total. The molecule has 0 bridgehead atoms. The number of hydrogen-bond donors (Lipinski definition) is 2. The SMILES string of the molecule is C=CCOc1cccc([C@H]2NC(=S)NC(c3ccccc3)=C2C(=O)OCC)c1. The van der Waals surface area contributed by atoms with E-state index < -0.39 is 12.0 Å². The van der Waals surface area contributed by atoms with E-state index >= 15 is 0 Å². The molecule has 1 atom stereocenters. The van der Waals surface area contributed by atoms with Gasteiger partial charge in [0.2, 0.25) is 0 Å². The summed E-state index contributed by atoms with van der Waals surface area (Å²) in [6.45, 7) is 6.13. The van der Waals surface area contributed by atoms with Crippen LogP contribution in [0.1, 0.15) is 24.1 Å². The molecule has 5 nitrogen and oxygen atoms in total. The lowest BCUT2D eigenvalue weighted by Crippen LogP contribution is -2.45. The van der Waals surface area contributed by atoms with Crippen LogP contribution in [0.15, 0.2) is 72.8 Å². The van der Waals surface area contributed by atoms with Crippen molar-refractivity contribution in [2.45, 2.75) is 13.0 Å². The Bertz CT molecular complexity index is 909. The number of thiocarbonyl (C=S) groups is 1. The topological polar surface area (TPSA) is 59.6 Å². The number of carbonyl (C=O) groups is 1. The molecule has 144 valence electrons. The highest BCUT2D eigenvalue weighted by Gasteiger charge is 2.33. The normalized spacial score (nSPS) is 16.0. The molecule has 0 spiro atoms. The summed E-state index contributed by atoms with van der Waals surface area (Å²) in [7, 11) is 0. The molecule has 0 unspecified atom stereocenters. The number of esters is 1. The zero-order valence-electron chi connectivity index (χ0n) is 15.6. The van der Waals surface area contributed by atoms with Crippen molar-refractivity contribution < 1.29 is 14.3 Å². The van der Waals surface area contributed by atoms with E-state index in [0.29, 0.717) is 28.7 Å². The molecule has 1 aliphatic rings. The molecular weight excluding hydrogens is 372 g/mol. The molecule has 0 saturated carbocycles. The third-order valence-corrected chi connectivity index (χ3v) is 4.41. The summed E-state index contributed by atoms with van der Waals surface area (Å²) in [4.78, 5) is 12.9. The number of carbonyl (C=O) groups excluding carboxylic acids is 1. The predicted molar refractivity (Wildman–Crippen MR) is 114 cm³/mol. The van der Waals surface area contributed by atoms with Crippen LogP contribution in [-0.4, -0.2) is 24.3 Å². The first kappa shape index (κ1) is 19.6. The third kappa shape index (κ3) is 4.40. The summed E-state index contributed by atoms with van der Waals surface area (Å²) in [5.74, 6) is 0.291. The minimum absolute atomic E-state index is 0.282. The van der Waals surface area contributed by atoms with E-state index in [-0.39, 0.29) is 6.61 Å². The smallest absolute Gasteiger partial charge is 0.338 e. The number of benzene rings is 2. The lowest BCUT2D eigenvalue weighted by Gasteiger charge is -2.31. The van der Waals surface area contributed by atoms with Gasteiger partial charge in [0.25, 0.3) is 0 Å². The Kier molecular flexibility index (Phi) is 6.45. The summed E-state index contributed by atoms with van der Waals surface area (Å²) >= 11 is 5.41. The Balaban J connectivity index is 2.11. The first-order chi connectivity index (χ1) is 13.6. The van der Waals surface area contributed by atoms with Crippen LogP contribution in [0.5, 0.6) is 5.75 Å². The largest absolute Gasteiger partial charge is 0.490 e. The van der Waals surface area contributed by atoms with Crippen molar-refractivity contribution in [2.24, 2.45) is 0 Å². The average Bonchev–Trinajstić information content (AvgIpc) is 2.72. The lowest BCUT2D eigenvalue weighted by molar-refractivity contribution is -0.138. The maximum Gasteiger partial charge on any atom is 0.338 e. The van der Waals surface area contributed by atoms with Crippen LogP contribution in [0, 0.1) is 0 Å². The molecule has 0 aromatic heterocycles. The van der Waals surface area contributed by atoms with Gasteiger partial charge in [-0.15, -0.1) is 0 Å². The fourth-order valence-corrected chi connectivity index (χ4v) is 3.23. The van der Waals surface area contributed by atoms with Gasteiger partial charge in [-0.25, -0.2) is 4.79 Å². The third-order valence-electron chi connectivity index (χ3n) is 4.19. The molecule has 3 rings (SSSR count). The Morgan fingerprint density at radius 1 is 1.21 bits per heavy atom. The minimum atomic E-state index is -0.463. The molecule has 0 saturated heterocycles. The summed E-state index contributed by atoms with van der Waals surface area (Å²) in [5, 5.41) is 6.76. The van der Waals surface area contributed by atoms with Crippen molar-refractivity contribution >= 4 is 29.0 Å². The van der Waals surface area contributed by atoms with Crippen LogP contribution in [0.4, 0.5) is 0 Å². The number of ether oxygens (including phenoxy) is 2. The summed E-state index contributed by atoms with van der Waals surface area (Å²) < 4.78 is 11.0. The van der Waals surface area contributed by atoms with Crippen molar-refractivity contribution in [2.75, 3.05) is 13.2 Å². The Labute approximate surface area is 170 Å². The zero-order valence-corrected chi connectivity index (χ0v) is 16.4. The van der Waals surface area contributed by atoms with Gasteiger partial charge in [0.05, 0.1) is 23.9 Å². The van der Waals surface area contributed by atoms with Crippen molar-refractivity contribution in [1.29, 1.82) is 0 Å². The van der Waals surface area contributed by atoms with E-state index in [9.17, 15) is 4.79 Å². The van der Waals surface area contributed by atoms with Crippen LogP contribution in [0.3, 0.4) is 0 Å². The molecule has 0 fully saturated rings. The zero-order chi connectivity index (χ0) is 19.9. The minimum Gasteiger partial charge on any atom is -0.490 e. The molecule has 28 heavy (non-hydrogen) atoms. The fourth-order valence-electron chi connectivity index (χ4n) is 3.01. The maximum absolute atomic E-state index is 12.9. The molecule has 6 heteroatoms. The highest BCUT2D eigenvalue weighted by molar-refractivity contribution is 7.80. The number of rotatable bonds is 7. The molecule has 1 aliphatic heterocycles. The van der Waals surface area contributed by atoms with E-state index in [4.69, 9.17) is 21.7 Å². The second kappa shape index (κ2) is 9.19. The maximum atomic E-state index is 12.9. The Morgan fingerprint density at radius 2 is 2.00 bits per heavy atom. The molecule has 2 aromatic carbocycles. The fraction of sp³-hybridized carbons (Fsp3) is 0.182. The average molecular weight is 394 g/mol. The highest BCUT2D eigenvalue weighted by Crippen LogP contribution is 2.33. The van der Waals surface area contributed by atoms with Crippen LogP contribution >= 0.6 is 12.2 Å². The van der Waals surface area contributed by atoms with Gasteiger partial charge in [-0.2, -0.15) is 0 Å². The second-order valence-electron chi connectivity index (χ2n) is 6.08. The van der Waals surface area contributed by atoms with Crippen molar-refractivity contribution in [3.63, 3.8) is 0 Å². The van der Waals surface area contributed by atoms with Gasteiger partial charge in [-0.3, -0.25) is 0 Å². The van der Waals surface area contributed by atoms with Gasteiger partial charge in [0.15, 0.2) is 5.11 Å². The molecule has 2 aromatic rings. The van der Waals surface area contributed by atoms with Gasteiger partial charge in [0.1, 0.15) is 12.4 Å². The first-order valence-electron chi connectivity index (χ1n) is 9.02. The van der Waals surface area contributed by atoms with Crippen LogP contribution < -0.4 is 15.4 Å². The second-order valence-corrected chi connectivity index (χ2v) is 6.49. The van der Waals surface area contributed by atoms with E-state index in [1.165, 1.54) is 0 Å². The van der Waals surface area contributed by atoms with Crippen molar-refractivity contribution in [3.05, 3.63) is 84.0 Å². The highest BCUT2D eigenvalue weighted by atomic mass is 32.1. The van der Waals surface area contributed by atoms with Gasteiger partial charge >= 0.3 is 5.97 Å². The van der Waals surface area contributed by atoms with Crippen LogP contribution in [0.25, 0.3) is 5.70 Å². The van der Waals surface area contributed by atoms with Gasteiger partial charge < -0.3 is 20.1 Å². The Hall–Kier alpha value is -3.12. The number of hydrogen-bond acceptors (Lipinski definition) is 4. The first-order valence-corrected chi connectivity index (χ1v) is 9.42. The quantitative estimate of drug-likeness (QED) is 0.424. The van der Waals surface area contributed by atoms with E-state index in [2.05, 4.69) is 17.2 Å². The van der Waals surface area contributed by atoms with Gasteiger partial charge in [0, 0.05) is 0 Å². The predicted octanol–water partition coefficient (Wildman–Crippen LogP) is 3.74. The van der Waals surface area contributed by atoms with Crippen molar-refractivity contribution in [3.8, 4) is 5.75 Å². The van der Waals surface area contributed by atoms with E-state index in [1.807, 2.05) is 54.6 Å².